The fourth-order valence-electron chi connectivity index (χ4n) is 2.47. The molecule has 0 aromatic rings. The Morgan fingerprint density at radius 3 is 2.09 bits per heavy atom. The molecule has 1 heterocycles. The molecule has 3 amide bonds. The Morgan fingerprint density at radius 1 is 1.23 bits per heavy atom. The topological polar surface area (TPSA) is 75.4 Å². The summed E-state index contributed by atoms with van der Waals surface area (Å²) in [6.07, 6.45) is -3.91. The molecule has 5 nitrogen and oxygen atoms in total. The number of likely N-dealkylation sites (tertiary alicyclic amines) is 1. The fourth-order valence-corrected chi connectivity index (χ4v) is 2.47. The Bertz CT molecular complexity index is 411. The first kappa shape index (κ1) is 18.6. The smallest absolute Gasteiger partial charge is 0.369 e. The average Bonchev–Trinajstić information content (AvgIpc) is 2.35. The van der Waals surface area contributed by atoms with E-state index in [9.17, 15) is 22.8 Å². The summed E-state index contributed by atoms with van der Waals surface area (Å²) in [4.78, 5) is 24.4. The highest BCUT2D eigenvalue weighted by molar-refractivity contribution is 5.78. The molecule has 1 fully saturated rings. The number of alkyl halides is 3. The summed E-state index contributed by atoms with van der Waals surface area (Å²) in [5.74, 6) is -0.738. The molecule has 0 aromatic carbocycles. The predicted octanol–water partition coefficient (Wildman–Crippen LogP) is 2.26. The van der Waals surface area contributed by atoms with Gasteiger partial charge in [0.25, 0.3) is 0 Å². The molecule has 1 aliphatic heterocycles. The van der Waals surface area contributed by atoms with E-state index in [-0.39, 0.29) is 25.4 Å². The Hall–Kier alpha value is -1.47. The molecular weight excluding hydrogens is 299 g/mol. The summed E-state index contributed by atoms with van der Waals surface area (Å²) in [5.41, 5.74) is 4.63. The molecule has 22 heavy (non-hydrogen) atoms. The van der Waals surface area contributed by atoms with Crippen molar-refractivity contribution in [3.63, 3.8) is 0 Å². The van der Waals surface area contributed by atoms with Crippen LogP contribution < -0.4 is 11.1 Å². The number of amides is 3. The van der Waals surface area contributed by atoms with E-state index < -0.39 is 29.6 Å². The van der Waals surface area contributed by atoms with Crippen LogP contribution in [0.2, 0.25) is 0 Å². The lowest BCUT2D eigenvalue weighted by Gasteiger charge is -2.34. The summed E-state index contributed by atoms with van der Waals surface area (Å²) in [6.45, 7) is 5.54. The van der Waals surface area contributed by atoms with Gasteiger partial charge in [-0.15, -0.1) is 0 Å². The number of carbonyl (C=O) groups excluding carboxylic acids is 2. The predicted molar refractivity (Wildman–Crippen MR) is 75.9 cm³/mol. The van der Waals surface area contributed by atoms with Crippen molar-refractivity contribution in [1.82, 2.24) is 10.2 Å². The number of halogens is 3. The molecule has 1 atom stereocenters. The number of urea groups is 1. The van der Waals surface area contributed by atoms with Gasteiger partial charge < -0.3 is 16.0 Å². The molecule has 1 aliphatic rings. The van der Waals surface area contributed by atoms with Crippen molar-refractivity contribution in [2.75, 3.05) is 13.1 Å². The van der Waals surface area contributed by atoms with Gasteiger partial charge in [0.2, 0.25) is 5.91 Å². The van der Waals surface area contributed by atoms with Gasteiger partial charge in [-0.3, -0.25) is 4.79 Å². The molecule has 0 unspecified atom stereocenters. The number of hydrogen-bond donors (Lipinski definition) is 2. The van der Waals surface area contributed by atoms with Gasteiger partial charge in [-0.1, -0.05) is 20.8 Å². The molecule has 0 spiro atoms. The number of nitrogens with two attached hydrogens (primary N) is 1. The molecular formula is C14H24F3N3O2. The maximum Gasteiger partial charge on any atom is 0.408 e. The van der Waals surface area contributed by atoms with Crippen molar-refractivity contribution >= 4 is 11.9 Å². The molecule has 0 bridgehead atoms. The van der Waals surface area contributed by atoms with Gasteiger partial charge in [-0.05, 0) is 24.7 Å². The Labute approximate surface area is 128 Å². The SMILES string of the molecule is CC(C)(C)C[C@H](NC(=O)N1CCC(C(N)=O)CC1)C(F)(F)F. The van der Waals surface area contributed by atoms with E-state index in [1.165, 1.54) is 4.90 Å². The highest BCUT2D eigenvalue weighted by Gasteiger charge is 2.43. The van der Waals surface area contributed by atoms with Crippen molar-refractivity contribution < 1.29 is 22.8 Å². The number of nitrogens with zero attached hydrogens (tertiary/aromatic N) is 1. The lowest BCUT2D eigenvalue weighted by atomic mass is 9.88. The molecule has 0 aliphatic carbocycles. The molecule has 0 saturated carbocycles. The van der Waals surface area contributed by atoms with Gasteiger partial charge in [0.05, 0.1) is 0 Å². The first-order valence-electron chi connectivity index (χ1n) is 7.31. The van der Waals surface area contributed by atoms with E-state index in [4.69, 9.17) is 5.73 Å². The van der Waals surface area contributed by atoms with Gasteiger partial charge in [-0.25, -0.2) is 4.79 Å². The van der Waals surface area contributed by atoms with Crippen LogP contribution >= 0.6 is 0 Å². The van der Waals surface area contributed by atoms with Crippen molar-refractivity contribution in [1.29, 1.82) is 0 Å². The van der Waals surface area contributed by atoms with Crippen LogP contribution in [0, 0.1) is 11.3 Å². The van der Waals surface area contributed by atoms with Gasteiger partial charge in [0.15, 0.2) is 0 Å². The van der Waals surface area contributed by atoms with Crippen LogP contribution in [0.3, 0.4) is 0 Å². The Kier molecular flexibility index (Phi) is 5.70. The van der Waals surface area contributed by atoms with Crippen LogP contribution in [-0.4, -0.2) is 42.1 Å². The van der Waals surface area contributed by atoms with Crippen LogP contribution in [0.1, 0.15) is 40.0 Å². The van der Waals surface area contributed by atoms with E-state index >= 15 is 0 Å². The molecule has 8 heteroatoms. The summed E-state index contributed by atoms with van der Waals surface area (Å²) in [5, 5.41) is 2.07. The fraction of sp³-hybridized carbons (Fsp3) is 0.857. The molecule has 0 aromatic heterocycles. The summed E-state index contributed by atoms with van der Waals surface area (Å²) in [6, 6.07) is -2.62. The third-order valence-corrected chi connectivity index (χ3v) is 3.69. The van der Waals surface area contributed by atoms with Crippen molar-refractivity contribution in [2.45, 2.75) is 52.3 Å². The van der Waals surface area contributed by atoms with Gasteiger partial charge in [-0.2, -0.15) is 13.2 Å². The standard InChI is InChI=1S/C14H24F3N3O2/c1-13(2,3)8-10(14(15,16)17)19-12(22)20-6-4-9(5-7-20)11(18)21/h9-10H,4-8H2,1-3H3,(H2,18,21)(H,19,22)/t10-/m0/s1. The number of rotatable bonds is 3. The molecule has 3 N–H and O–H groups in total. The first-order chi connectivity index (χ1) is 9.90. The summed E-state index contributed by atoms with van der Waals surface area (Å²) < 4.78 is 39.2. The lowest BCUT2D eigenvalue weighted by molar-refractivity contribution is -0.159. The second kappa shape index (κ2) is 6.75. The van der Waals surface area contributed by atoms with Crippen LogP contribution in [0.15, 0.2) is 0 Å². The first-order valence-corrected chi connectivity index (χ1v) is 7.31. The third-order valence-electron chi connectivity index (χ3n) is 3.69. The van der Waals surface area contributed by atoms with E-state index in [2.05, 4.69) is 5.32 Å². The maximum atomic E-state index is 13.1. The maximum absolute atomic E-state index is 13.1. The summed E-state index contributed by atoms with van der Waals surface area (Å²) >= 11 is 0. The zero-order valence-corrected chi connectivity index (χ0v) is 13.2. The van der Waals surface area contributed by atoms with Crippen LogP contribution in [-0.2, 0) is 4.79 Å². The number of carbonyl (C=O) groups is 2. The van der Waals surface area contributed by atoms with Crippen LogP contribution in [0.5, 0.6) is 0 Å². The third kappa shape index (κ3) is 5.73. The second-order valence-corrected chi connectivity index (χ2v) is 6.97. The monoisotopic (exact) mass is 323 g/mol. The Balaban J connectivity index is 2.63. The minimum absolute atomic E-state index is 0.194. The summed E-state index contributed by atoms with van der Waals surface area (Å²) in [7, 11) is 0. The van der Waals surface area contributed by atoms with E-state index in [0.29, 0.717) is 12.8 Å². The lowest BCUT2D eigenvalue weighted by Crippen LogP contribution is -2.53. The largest absolute Gasteiger partial charge is 0.408 e. The zero-order valence-electron chi connectivity index (χ0n) is 13.2. The average molecular weight is 323 g/mol. The Morgan fingerprint density at radius 2 is 1.73 bits per heavy atom. The molecule has 1 saturated heterocycles. The molecule has 0 radical (unpaired) electrons. The van der Waals surface area contributed by atoms with Crippen molar-refractivity contribution in [2.24, 2.45) is 17.1 Å². The number of nitrogens with one attached hydrogen (secondary N) is 1. The van der Waals surface area contributed by atoms with Gasteiger partial charge in [0, 0.05) is 19.0 Å². The molecule has 128 valence electrons. The quantitative estimate of drug-likeness (QED) is 0.836. The minimum Gasteiger partial charge on any atom is -0.369 e. The highest BCUT2D eigenvalue weighted by atomic mass is 19.4. The minimum atomic E-state index is -4.49. The zero-order chi connectivity index (χ0) is 17.1. The number of primary amides is 1. The van der Waals surface area contributed by atoms with E-state index in [0.717, 1.165) is 0 Å². The normalized spacial score (nSPS) is 18.9. The van der Waals surface area contributed by atoms with Gasteiger partial charge >= 0.3 is 12.2 Å². The van der Waals surface area contributed by atoms with Crippen molar-refractivity contribution in [3.05, 3.63) is 0 Å². The number of piperidine rings is 1. The van der Waals surface area contributed by atoms with E-state index in [1.807, 2.05) is 0 Å². The highest BCUT2D eigenvalue weighted by Crippen LogP contribution is 2.30. The van der Waals surface area contributed by atoms with E-state index in [1.54, 1.807) is 20.8 Å². The van der Waals surface area contributed by atoms with Crippen molar-refractivity contribution in [3.8, 4) is 0 Å². The number of hydrogen-bond acceptors (Lipinski definition) is 2. The van der Waals surface area contributed by atoms with Crippen LogP contribution in [0.25, 0.3) is 0 Å². The van der Waals surface area contributed by atoms with Gasteiger partial charge in [0.1, 0.15) is 6.04 Å². The molecule has 1 rings (SSSR count). The second-order valence-electron chi connectivity index (χ2n) is 6.97. The van der Waals surface area contributed by atoms with Crippen LogP contribution in [0.4, 0.5) is 18.0 Å².